The van der Waals surface area contributed by atoms with E-state index in [-0.39, 0.29) is 42.1 Å². The standard InChI is InChI=1S/C17H23N5O3.2ClH/c1-3-6-22-14-13(15(23)20-17(22)25)8-11(9-19-14)16(24)21-7-4-5-12(10-21)18-2;;/h8-9,12,18H,3-7,10H2,1-2H3,(H,20,23,25);2*1H. The van der Waals surface area contributed by atoms with E-state index in [1.54, 1.807) is 4.90 Å². The molecule has 150 valence electrons. The summed E-state index contributed by atoms with van der Waals surface area (Å²) >= 11 is 0. The Kier molecular flexibility index (Phi) is 8.46. The number of nitrogens with one attached hydrogen (secondary N) is 2. The number of H-pyrrole nitrogens is 1. The zero-order chi connectivity index (χ0) is 18.0. The monoisotopic (exact) mass is 417 g/mol. The largest absolute Gasteiger partial charge is 0.337 e. The van der Waals surface area contributed by atoms with Crippen molar-refractivity contribution in [1.82, 2.24) is 24.8 Å². The van der Waals surface area contributed by atoms with E-state index in [0.29, 0.717) is 30.8 Å². The first-order valence-electron chi connectivity index (χ1n) is 8.64. The normalized spacial score (nSPS) is 16.5. The number of aromatic nitrogens is 3. The minimum Gasteiger partial charge on any atom is -0.337 e. The molecule has 0 aliphatic carbocycles. The van der Waals surface area contributed by atoms with Crippen LogP contribution in [0.25, 0.3) is 11.0 Å². The number of rotatable bonds is 4. The zero-order valence-electron chi connectivity index (χ0n) is 15.4. The second-order valence-electron chi connectivity index (χ2n) is 6.39. The zero-order valence-corrected chi connectivity index (χ0v) is 17.0. The van der Waals surface area contributed by atoms with Gasteiger partial charge in [-0.05, 0) is 32.4 Å². The van der Waals surface area contributed by atoms with Crippen molar-refractivity contribution in [3.8, 4) is 0 Å². The Hall–Kier alpha value is -1.90. The molecule has 0 saturated carbocycles. The molecule has 10 heteroatoms. The van der Waals surface area contributed by atoms with Crippen LogP contribution in [0.4, 0.5) is 0 Å². The van der Waals surface area contributed by atoms with E-state index < -0.39 is 11.2 Å². The van der Waals surface area contributed by atoms with Gasteiger partial charge in [0, 0.05) is 31.9 Å². The fraction of sp³-hybridized carbons (Fsp3) is 0.529. The third-order valence-electron chi connectivity index (χ3n) is 4.64. The van der Waals surface area contributed by atoms with E-state index in [1.807, 2.05) is 14.0 Å². The van der Waals surface area contributed by atoms with Gasteiger partial charge in [0.05, 0.1) is 10.9 Å². The Balaban J connectivity index is 0.00000182. The van der Waals surface area contributed by atoms with Crippen LogP contribution in [-0.4, -0.2) is 51.5 Å². The summed E-state index contributed by atoms with van der Waals surface area (Å²) in [6.07, 6.45) is 4.18. The number of likely N-dealkylation sites (N-methyl/N-ethyl adjacent to an activating group) is 1. The van der Waals surface area contributed by atoms with E-state index in [4.69, 9.17) is 0 Å². The Morgan fingerprint density at radius 1 is 1.37 bits per heavy atom. The number of pyridine rings is 1. The molecule has 2 N–H and O–H groups in total. The molecular formula is C17H25Cl2N5O3. The predicted molar refractivity (Wildman–Crippen MR) is 109 cm³/mol. The topological polar surface area (TPSA) is 100 Å². The number of likely N-dealkylation sites (tertiary alicyclic amines) is 1. The summed E-state index contributed by atoms with van der Waals surface area (Å²) in [6, 6.07) is 1.82. The first-order valence-corrected chi connectivity index (χ1v) is 8.64. The average Bonchev–Trinajstić information content (AvgIpc) is 2.64. The molecule has 1 amide bonds. The van der Waals surface area contributed by atoms with Gasteiger partial charge in [0.1, 0.15) is 5.65 Å². The Morgan fingerprint density at radius 3 is 2.78 bits per heavy atom. The van der Waals surface area contributed by atoms with Gasteiger partial charge in [-0.1, -0.05) is 6.92 Å². The molecule has 1 fully saturated rings. The quantitative estimate of drug-likeness (QED) is 0.777. The van der Waals surface area contributed by atoms with Crippen molar-refractivity contribution < 1.29 is 4.79 Å². The number of halogens is 2. The maximum Gasteiger partial charge on any atom is 0.329 e. The average molecular weight is 418 g/mol. The molecule has 1 saturated heterocycles. The molecule has 0 aromatic carbocycles. The van der Waals surface area contributed by atoms with Crippen molar-refractivity contribution in [2.24, 2.45) is 0 Å². The molecule has 0 spiro atoms. The number of hydrogen-bond acceptors (Lipinski definition) is 5. The first-order chi connectivity index (χ1) is 12.0. The van der Waals surface area contributed by atoms with Crippen LogP contribution in [0.15, 0.2) is 21.9 Å². The lowest BCUT2D eigenvalue weighted by atomic mass is 10.0. The van der Waals surface area contributed by atoms with Gasteiger partial charge < -0.3 is 10.2 Å². The van der Waals surface area contributed by atoms with E-state index in [2.05, 4.69) is 15.3 Å². The van der Waals surface area contributed by atoms with Gasteiger partial charge in [0.15, 0.2) is 0 Å². The highest BCUT2D eigenvalue weighted by atomic mass is 35.5. The van der Waals surface area contributed by atoms with Crippen LogP contribution in [0, 0.1) is 0 Å². The van der Waals surface area contributed by atoms with Crippen molar-refractivity contribution in [3.63, 3.8) is 0 Å². The maximum atomic E-state index is 12.8. The van der Waals surface area contributed by atoms with Crippen LogP contribution in [0.3, 0.4) is 0 Å². The lowest BCUT2D eigenvalue weighted by Crippen LogP contribution is -2.47. The number of amides is 1. The minimum atomic E-state index is -0.513. The molecule has 1 aliphatic rings. The van der Waals surface area contributed by atoms with Crippen molar-refractivity contribution in [1.29, 1.82) is 0 Å². The van der Waals surface area contributed by atoms with Crippen molar-refractivity contribution in [2.45, 2.75) is 38.8 Å². The molecule has 3 heterocycles. The summed E-state index contributed by atoms with van der Waals surface area (Å²) in [5.41, 5.74) is -0.296. The van der Waals surface area contributed by atoms with Crippen LogP contribution in [-0.2, 0) is 6.54 Å². The van der Waals surface area contributed by atoms with Crippen molar-refractivity contribution in [2.75, 3.05) is 20.1 Å². The molecule has 1 aliphatic heterocycles. The number of fused-ring (bicyclic) bond motifs is 1. The highest BCUT2D eigenvalue weighted by Gasteiger charge is 2.24. The summed E-state index contributed by atoms with van der Waals surface area (Å²) in [5.74, 6) is -0.137. The molecule has 1 unspecified atom stereocenters. The van der Waals surface area contributed by atoms with Gasteiger partial charge in [-0.15, -0.1) is 24.8 Å². The summed E-state index contributed by atoms with van der Waals surface area (Å²) in [7, 11) is 1.89. The smallest absolute Gasteiger partial charge is 0.329 e. The lowest BCUT2D eigenvalue weighted by Gasteiger charge is -2.32. The SMILES string of the molecule is CCCn1c(=O)[nH]c(=O)c2cc(C(=O)N3CCCC(NC)C3)cnc21.Cl.Cl. The summed E-state index contributed by atoms with van der Waals surface area (Å²) in [6.45, 7) is 3.73. The Morgan fingerprint density at radius 2 is 2.11 bits per heavy atom. The number of carbonyl (C=O) groups is 1. The summed E-state index contributed by atoms with van der Waals surface area (Å²) in [4.78, 5) is 45.2. The van der Waals surface area contributed by atoms with Crippen LogP contribution >= 0.6 is 24.8 Å². The molecule has 2 aromatic rings. The number of aromatic amines is 1. The molecule has 0 radical (unpaired) electrons. The van der Waals surface area contributed by atoms with Gasteiger partial charge in [-0.25, -0.2) is 9.78 Å². The lowest BCUT2D eigenvalue weighted by molar-refractivity contribution is 0.0698. The number of carbonyl (C=O) groups excluding carboxylic acids is 1. The second-order valence-corrected chi connectivity index (χ2v) is 6.39. The molecular weight excluding hydrogens is 393 g/mol. The number of piperidine rings is 1. The van der Waals surface area contributed by atoms with Crippen molar-refractivity contribution in [3.05, 3.63) is 38.7 Å². The Labute approximate surface area is 169 Å². The van der Waals surface area contributed by atoms with Gasteiger partial charge in [-0.3, -0.25) is 19.1 Å². The van der Waals surface area contributed by atoms with Crippen LogP contribution in [0.2, 0.25) is 0 Å². The van der Waals surface area contributed by atoms with Crippen LogP contribution in [0.5, 0.6) is 0 Å². The van der Waals surface area contributed by atoms with Gasteiger partial charge in [0.25, 0.3) is 11.5 Å². The summed E-state index contributed by atoms with van der Waals surface area (Å²) in [5, 5.41) is 3.47. The van der Waals surface area contributed by atoms with Gasteiger partial charge in [0.2, 0.25) is 0 Å². The molecule has 27 heavy (non-hydrogen) atoms. The second kappa shape index (κ2) is 9.87. The maximum absolute atomic E-state index is 12.8. The third-order valence-corrected chi connectivity index (χ3v) is 4.64. The highest BCUT2D eigenvalue weighted by molar-refractivity contribution is 5.96. The molecule has 8 nitrogen and oxygen atoms in total. The van der Waals surface area contributed by atoms with Gasteiger partial charge >= 0.3 is 5.69 Å². The summed E-state index contributed by atoms with van der Waals surface area (Å²) < 4.78 is 1.43. The number of aryl methyl sites for hydroxylation is 1. The number of nitrogens with zero attached hydrogens (tertiary/aromatic N) is 3. The van der Waals surface area contributed by atoms with E-state index in [0.717, 1.165) is 19.3 Å². The predicted octanol–water partition coefficient (Wildman–Crippen LogP) is 1.16. The van der Waals surface area contributed by atoms with Crippen LogP contribution in [0.1, 0.15) is 36.5 Å². The van der Waals surface area contributed by atoms with E-state index >= 15 is 0 Å². The highest BCUT2D eigenvalue weighted by Crippen LogP contribution is 2.15. The third kappa shape index (κ3) is 4.69. The minimum absolute atomic E-state index is 0. The fourth-order valence-electron chi connectivity index (χ4n) is 3.30. The number of hydrogen-bond donors (Lipinski definition) is 2. The molecule has 3 rings (SSSR count). The van der Waals surface area contributed by atoms with Crippen LogP contribution < -0.4 is 16.6 Å². The Bertz CT molecular complexity index is 912. The first kappa shape index (κ1) is 23.1. The molecule has 2 aromatic heterocycles. The molecule has 1 atom stereocenters. The molecule has 0 bridgehead atoms. The van der Waals surface area contributed by atoms with E-state index in [1.165, 1.54) is 16.8 Å². The van der Waals surface area contributed by atoms with E-state index in [9.17, 15) is 14.4 Å². The van der Waals surface area contributed by atoms with Gasteiger partial charge in [-0.2, -0.15) is 0 Å². The van der Waals surface area contributed by atoms with Crippen molar-refractivity contribution >= 4 is 41.8 Å². The fourth-order valence-corrected chi connectivity index (χ4v) is 3.30.